The molecule has 1 aromatic rings. The standard InChI is InChI=1S/C14H25N3O3S/c1-6-12(9(2)3)16-14(18)13-7-11(21(15,19)20)8-17(13)10(4)5/h7-10,12H,6H2,1-5H3,(H,16,18)(H2,15,19,20). The molecule has 1 heterocycles. The fourth-order valence-corrected chi connectivity index (χ4v) is 2.74. The van der Waals surface area contributed by atoms with E-state index in [2.05, 4.69) is 5.32 Å². The molecule has 7 heteroatoms. The van der Waals surface area contributed by atoms with Crippen molar-refractivity contribution in [2.75, 3.05) is 0 Å². The summed E-state index contributed by atoms with van der Waals surface area (Å²) in [5.41, 5.74) is 0.313. The van der Waals surface area contributed by atoms with Crippen LogP contribution in [0.3, 0.4) is 0 Å². The van der Waals surface area contributed by atoms with Gasteiger partial charge in [-0.2, -0.15) is 0 Å². The van der Waals surface area contributed by atoms with E-state index in [0.717, 1.165) is 6.42 Å². The zero-order chi connectivity index (χ0) is 16.4. The highest BCUT2D eigenvalue weighted by molar-refractivity contribution is 7.89. The third-order valence-electron chi connectivity index (χ3n) is 3.50. The summed E-state index contributed by atoms with van der Waals surface area (Å²) in [4.78, 5) is 12.4. The predicted molar refractivity (Wildman–Crippen MR) is 82.6 cm³/mol. The van der Waals surface area contributed by atoms with Gasteiger partial charge in [0.15, 0.2) is 0 Å². The smallest absolute Gasteiger partial charge is 0.268 e. The van der Waals surface area contributed by atoms with Gasteiger partial charge in [-0.25, -0.2) is 13.6 Å². The van der Waals surface area contributed by atoms with Crippen LogP contribution in [0.4, 0.5) is 0 Å². The minimum atomic E-state index is -3.82. The van der Waals surface area contributed by atoms with Crippen molar-refractivity contribution in [2.24, 2.45) is 11.1 Å². The molecule has 0 saturated carbocycles. The van der Waals surface area contributed by atoms with Crippen LogP contribution in [0.1, 0.15) is 57.6 Å². The summed E-state index contributed by atoms with van der Waals surface area (Å²) >= 11 is 0. The van der Waals surface area contributed by atoms with Crippen LogP contribution in [0.2, 0.25) is 0 Å². The Morgan fingerprint density at radius 2 is 1.90 bits per heavy atom. The van der Waals surface area contributed by atoms with E-state index in [0.29, 0.717) is 11.6 Å². The Balaban J connectivity index is 3.17. The number of hydrogen-bond acceptors (Lipinski definition) is 3. The van der Waals surface area contributed by atoms with Crippen LogP contribution < -0.4 is 10.5 Å². The number of amides is 1. The lowest BCUT2D eigenvalue weighted by Gasteiger charge is -2.21. The van der Waals surface area contributed by atoms with Crippen LogP contribution in [0, 0.1) is 5.92 Å². The van der Waals surface area contributed by atoms with E-state index in [1.807, 2.05) is 34.6 Å². The maximum Gasteiger partial charge on any atom is 0.268 e. The second-order valence-electron chi connectivity index (χ2n) is 5.84. The Kier molecular flexibility index (Phi) is 5.58. The van der Waals surface area contributed by atoms with Gasteiger partial charge in [0, 0.05) is 18.3 Å². The van der Waals surface area contributed by atoms with Crippen LogP contribution in [0.5, 0.6) is 0 Å². The molecule has 3 N–H and O–H groups in total. The topological polar surface area (TPSA) is 94.2 Å². The van der Waals surface area contributed by atoms with Crippen molar-refractivity contribution in [1.29, 1.82) is 0 Å². The van der Waals surface area contributed by atoms with Gasteiger partial charge < -0.3 is 9.88 Å². The fraction of sp³-hybridized carbons (Fsp3) is 0.643. The molecule has 0 radical (unpaired) electrons. The molecule has 1 atom stereocenters. The number of carbonyl (C=O) groups is 1. The summed E-state index contributed by atoms with van der Waals surface area (Å²) in [7, 11) is -3.82. The Hall–Kier alpha value is -1.34. The van der Waals surface area contributed by atoms with E-state index in [9.17, 15) is 13.2 Å². The Labute approximate surface area is 126 Å². The number of primary sulfonamides is 1. The monoisotopic (exact) mass is 315 g/mol. The minimum Gasteiger partial charge on any atom is -0.348 e. The molecule has 0 aliphatic rings. The molecule has 0 bridgehead atoms. The summed E-state index contributed by atoms with van der Waals surface area (Å²) < 4.78 is 24.6. The molecule has 0 spiro atoms. The molecule has 0 aliphatic heterocycles. The largest absolute Gasteiger partial charge is 0.348 e. The van der Waals surface area contributed by atoms with Gasteiger partial charge in [0.1, 0.15) is 10.6 Å². The van der Waals surface area contributed by atoms with E-state index in [4.69, 9.17) is 5.14 Å². The molecular weight excluding hydrogens is 290 g/mol. The van der Waals surface area contributed by atoms with Gasteiger partial charge in [-0.15, -0.1) is 0 Å². The maximum atomic E-state index is 12.4. The Morgan fingerprint density at radius 3 is 2.29 bits per heavy atom. The van der Waals surface area contributed by atoms with Crippen molar-refractivity contribution >= 4 is 15.9 Å². The first-order valence-electron chi connectivity index (χ1n) is 7.13. The van der Waals surface area contributed by atoms with Crippen LogP contribution in [0.25, 0.3) is 0 Å². The number of carbonyl (C=O) groups excluding carboxylic acids is 1. The number of aromatic nitrogens is 1. The quantitative estimate of drug-likeness (QED) is 0.839. The summed E-state index contributed by atoms with van der Waals surface area (Å²) in [5.74, 6) is 0.0262. The summed E-state index contributed by atoms with van der Waals surface area (Å²) in [6.45, 7) is 9.83. The lowest BCUT2D eigenvalue weighted by atomic mass is 10.0. The van der Waals surface area contributed by atoms with E-state index in [1.165, 1.54) is 12.3 Å². The molecule has 120 valence electrons. The zero-order valence-electron chi connectivity index (χ0n) is 13.3. The SMILES string of the molecule is CCC(NC(=O)c1cc(S(N)(=O)=O)cn1C(C)C)C(C)C. The summed E-state index contributed by atoms with van der Waals surface area (Å²) in [5, 5.41) is 8.09. The van der Waals surface area contributed by atoms with E-state index >= 15 is 0 Å². The van der Waals surface area contributed by atoms with Crippen molar-refractivity contribution in [2.45, 2.75) is 58.0 Å². The van der Waals surface area contributed by atoms with E-state index in [-0.39, 0.29) is 22.9 Å². The normalized spacial score (nSPS) is 13.7. The average Bonchev–Trinajstić information content (AvgIpc) is 2.80. The number of nitrogens with zero attached hydrogens (tertiary/aromatic N) is 1. The van der Waals surface area contributed by atoms with Crippen molar-refractivity contribution in [3.63, 3.8) is 0 Å². The molecule has 21 heavy (non-hydrogen) atoms. The summed E-state index contributed by atoms with van der Waals surface area (Å²) in [6.07, 6.45) is 2.22. The van der Waals surface area contributed by atoms with E-state index in [1.54, 1.807) is 4.57 Å². The van der Waals surface area contributed by atoms with Gasteiger partial charge >= 0.3 is 0 Å². The first-order valence-corrected chi connectivity index (χ1v) is 8.68. The molecule has 0 saturated heterocycles. The third-order valence-corrected chi connectivity index (χ3v) is 4.38. The second-order valence-corrected chi connectivity index (χ2v) is 7.40. The van der Waals surface area contributed by atoms with Crippen molar-refractivity contribution in [3.05, 3.63) is 18.0 Å². The van der Waals surface area contributed by atoms with Crippen molar-refractivity contribution in [1.82, 2.24) is 9.88 Å². The van der Waals surface area contributed by atoms with Crippen molar-refractivity contribution < 1.29 is 13.2 Å². The zero-order valence-corrected chi connectivity index (χ0v) is 14.1. The van der Waals surface area contributed by atoms with Gasteiger partial charge in [0.2, 0.25) is 10.0 Å². The molecule has 0 aliphatic carbocycles. The molecule has 1 unspecified atom stereocenters. The van der Waals surface area contributed by atoms with Crippen LogP contribution in [-0.4, -0.2) is 24.9 Å². The number of sulfonamides is 1. The first-order chi connectivity index (χ1) is 9.57. The minimum absolute atomic E-state index is 0.0413. The highest BCUT2D eigenvalue weighted by Crippen LogP contribution is 2.18. The second kappa shape index (κ2) is 6.62. The fourth-order valence-electron chi connectivity index (χ4n) is 2.20. The van der Waals surface area contributed by atoms with Gasteiger partial charge in [0.25, 0.3) is 5.91 Å². The number of rotatable bonds is 6. The molecule has 1 aromatic heterocycles. The molecule has 6 nitrogen and oxygen atoms in total. The first kappa shape index (κ1) is 17.7. The average molecular weight is 315 g/mol. The van der Waals surface area contributed by atoms with Crippen molar-refractivity contribution in [3.8, 4) is 0 Å². The van der Waals surface area contributed by atoms with Crippen LogP contribution >= 0.6 is 0 Å². The number of nitrogens with two attached hydrogens (primary N) is 1. The van der Waals surface area contributed by atoms with Crippen LogP contribution in [-0.2, 0) is 10.0 Å². The summed E-state index contributed by atoms with van der Waals surface area (Å²) in [6, 6.07) is 1.34. The molecule has 1 amide bonds. The van der Waals surface area contributed by atoms with E-state index < -0.39 is 10.0 Å². The molecule has 1 rings (SSSR count). The lowest BCUT2D eigenvalue weighted by molar-refractivity contribution is 0.0913. The highest BCUT2D eigenvalue weighted by Gasteiger charge is 2.22. The molecule has 0 aromatic carbocycles. The molecule has 0 fully saturated rings. The Bertz CT molecular complexity index is 603. The maximum absolute atomic E-state index is 12.4. The highest BCUT2D eigenvalue weighted by atomic mass is 32.2. The van der Waals surface area contributed by atoms with Crippen LogP contribution in [0.15, 0.2) is 17.2 Å². The van der Waals surface area contributed by atoms with Gasteiger partial charge in [-0.05, 0) is 32.3 Å². The predicted octanol–water partition coefficient (Wildman–Crippen LogP) is 1.88. The molecular formula is C14H25N3O3S. The number of hydrogen-bond donors (Lipinski definition) is 2. The number of nitrogens with one attached hydrogen (secondary N) is 1. The van der Waals surface area contributed by atoms with Gasteiger partial charge in [-0.3, -0.25) is 4.79 Å². The van der Waals surface area contributed by atoms with Gasteiger partial charge in [-0.1, -0.05) is 20.8 Å². The third kappa shape index (κ3) is 4.31. The van der Waals surface area contributed by atoms with Gasteiger partial charge in [0.05, 0.1) is 0 Å². The Morgan fingerprint density at radius 1 is 1.33 bits per heavy atom. The lowest BCUT2D eigenvalue weighted by Crippen LogP contribution is -2.39.